The number of hydrogen-bond acceptors (Lipinski definition) is 5. The molecule has 1 aromatic heterocycles. The van der Waals surface area contributed by atoms with Crippen molar-refractivity contribution in [1.82, 2.24) is 9.97 Å². The quantitative estimate of drug-likeness (QED) is 0.694. The molecule has 0 spiro atoms. The Bertz CT molecular complexity index is 951. The molecule has 0 saturated carbocycles. The molecule has 0 aliphatic carbocycles. The van der Waals surface area contributed by atoms with E-state index in [9.17, 15) is 4.39 Å². The van der Waals surface area contributed by atoms with Crippen LogP contribution in [0.2, 0.25) is 0 Å². The number of nitrogen functional groups attached to an aromatic ring is 1. The molecule has 0 saturated heterocycles. The van der Waals surface area contributed by atoms with Crippen molar-refractivity contribution in [2.75, 3.05) is 5.73 Å². The summed E-state index contributed by atoms with van der Waals surface area (Å²) in [4.78, 5) is 12.8. The molecule has 26 heavy (non-hydrogen) atoms. The second kappa shape index (κ2) is 8.02. The number of benzene rings is 2. The molecule has 0 unspecified atom stereocenters. The van der Waals surface area contributed by atoms with Crippen LogP contribution in [0.5, 0.6) is 0 Å². The Kier molecular flexibility index (Phi) is 5.34. The average Bonchev–Trinajstić information content (AvgIpc) is 2.67. The summed E-state index contributed by atoms with van der Waals surface area (Å²) in [5.74, 6) is 0.357. The number of nitrogens with two attached hydrogens (primary N) is 2. The molecule has 0 aliphatic heterocycles. The van der Waals surface area contributed by atoms with Crippen LogP contribution in [0.1, 0.15) is 17.0 Å². The first-order valence-electron chi connectivity index (χ1n) is 8.03. The predicted molar refractivity (Wildman–Crippen MR) is 102 cm³/mol. The van der Waals surface area contributed by atoms with Gasteiger partial charge in [-0.05, 0) is 23.8 Å². The van der Waals surface area contributed by atoms with Crippen LogP contribution in [0.3, 0.4) is 0 Å². The Balaban J connectivity index is 1.97. The molecule has 1 heterocycles. The molecule has 6 heteroatoms. The van der Waals surface area contributed by atoms with E-state index >= 15 is 0 Å². The fourth-order valence-corrected chi connectivity index (χ4v) is 2.35. The van der Waals surface area contributed by atoms with E-state index in [1.807, 2.05) is 30.3 Å². The normalized spacial score (nSPS) is 12.2. The van der Waals surface area contributed by atoms with Crippen molar-refractivity contribution < 1.29 is 4.39 Å². The van der Waals surface area contributed by atoms with E-state index in [2.05, 4.69) is 15.0 Å². The molecule has 0 atom stereocenters. The molecule has 3 rings (SSSR count). The highest BCUT2D eigenvalue weighted by Gasteiger charge is 2.07. The number of halogens is 1. The Morgan fingerprint density at radius 3 is 2.50 bits per heavy atom. The van der Waals surface area contributed by atoms with Gasteiger partial charge in [-0.15, -0.1) is 0 Å². The highest BCUT2D eigenvalue weighted by atomic mass is 19.1. The number of nitrogens with zero attached hydrogens (tertiary/aromatic N) is 3. The van der Waals surface area contributed by atoms with Gasteiger partial charge in [-0.25, -0.2) is 14.4 Å². The van der Waals surface area contributed by atoms with Crippen LogP contribution in [0, 0.1) is 5.82 Å². The van der Waals surface area contributed by atoms with Crippen LogP contribution >= 0.6 is 0 Å². The van der Waals surface area contributed by atoms with Gasteiger partial charge in [0.2, 0.25) is 0 Å². The van der Waals surface area contributed by atoms with E-state index in [1.54, 1.807) is 30.3 Å². The van der Waals surface area contributed by atoms with Crippen molar-refractivity contribution in [2.24, 2.45) is 10.7 Å². The zero-order chi connectivity index (χ0) is 18.4. The summed E-state index contributed by atoms with van der Waals surface area (Å²) in [6.07, 6.45) is 3.21. The standard InChI is InChI=1S/C20H18FN5/c21-16-9-5-4-8-15(16)13-25-18(14-6-2-1-3-7-14)12-17(22)20-24-11-10-19(23)26-20/h1-12H,13,22H2,(H2,23,24,26). The first-order chi connectivity index (χ1) is 12.6. The zero-order valence-corrected chi connectivity index (χ0v) is 14.0. The monoisotopic (exact) mass is 347 g/mol. The first-order valence-corrected chi connectivity index (χ1v) is 8.03. The topological polar surface area (TPSA) is 90.2 Å². The van der Waals surface area contributed by atoms with Crippen molar-refractivity contribution in [2.45, 2.75) is 6.54 Å². The molecule has 5 nitrogen and oxygen atoms in total. The third kappa shape index (κ3) is 4.30. The lowest BCUT2D eigenvalue weighted by molar-refractivity contribution is 0.611. The molecule has 0 aliphatic rings. The Morgan fingerprint density at radius 2 is 1.77 bits per heavy atom. The maximum atomic E-state index is 13.9. The molecule has 2 aromatic carbocycles. The van der Waals surface area contributed by atoms with Crippen molar-refractivity contribution in [3.05, 3.63) is 95.7 Å². The summed E-state index contributed by atoms with van der Waals surface area (Å²) in [7, 11) is 0. The minimum atomic E-state index is -0.292. The van der Waals surface area contributed by atoms with Gasteiger partial charge in [0.1, 0.15) is 11.6 Å². The lowest BCUT2D eigenvalue weighted by atomic mass is 10.1. The summed E-state index contributed by atoms with van der Waals surface area (Å²) in [5.41, 5.74) is 14.1. The summed E-state index contributed by atoms with van der Waals surface area (Å²) in [5, 5.41) is 0. The summed E-state index contributed by atoms with van der Waals surface area (Å²) >= 11 is 0. The third-order valence-corrected chi connectivity index (χ3v) is 3.67. The van der Waals surface area contributed by atoms with Gasteiger partial charge in [-0.2, -0.15) is 0 Å². The summed E-state index contributed by atoms with van der Waals surface area (Å²) in [6, 6.07) is 17.6. The fraction of sp³-hybridized carbons (Fsp3) is 0.0500. The van der Waals surface area contributed by atoms with E-state index in [4.69, 9.17) is 11.5 Å². The van der Waals surface area contributed by atoms with Crippen LogP contribution in [-0.4, -0.2) is 15.7 Å². The number of allylic oxidation sites excluding steroid dienone is 1. The Morgan fingerprint density at radius 1 is 1.04 bits per heavy atom. The van der Waals surface area contributed by atoms with Crippen molar-refractivity contribution in [1.29, 1.82) is 0 Å². The van der Waals surface area contributed by atoms with Gasteiger partial charge in [0.25, 0.3) is 0 Å². The van der Waals surface area contributed by atoms with Crippen LogP contribution in [-0.2, 0) is 6.54 Å². The minimum absolute atomic E-state index is 0.193. The molecular weight excluding hydrogens is 329 g/mol. The lowest BCUT2D eigenvalue weighted by Gasteiger charge is -2.06. The van der Waals surface area contributed by atoms with Gasteiger partial charge in [0, 0.05) is 11.8 Å². The SMILES string of the molecule is NC(=CC(=NCc1ccccc1F)c1ccccc1)c1nccc(N)n1. The summed E-state index contributed by atoms with van der Waals surface area (Å²) in [6.45, 7) is 0.193. The van der Waals surface area contributed by atoms with Gasteiger partial charge < -0.3 is 11.5 Å². The van der Waals surface area contributed by atoms with E-state index < -0.39 is 0 Å². The maximum absolute atomic E-state index is 13.9. The molecule has 0 bridgehead atoms. The van der Waals surface area contributed by atoms with Crippen molar-refractivity contribution >= 4 is 17.2 Å². The number of aliphatic imine (C=N–C) groups is 1. The van der Waals surface area contributed by atoms with Crippen LogP contribution < -0.4 is 11.5 Å². The summed E-state index contributed by atoms with van der Waals surface area (Å²) < 4.78 is 13.9. The lowest BCUT2D eigenvalue weighted by Crippen LogP contribution is -2.08. The van der Waals surface area contributed by atoms with E-state index in [0.29, 0.717) is 28.6 Å². The van der Waals surface area contributed by atoms with Crippen LogP contribution in [0.15, 0.2) is 77.9 Å². The molecule has 3 aromatic rings. The van der Waals surface area contributed by atoms with Gasteiger partial charge in [0.05, 0.1) is 18.0 Å². The Labute approximate surface area is 150 Å². The van der Waals surface area contributed by atoms with Gasteiger partial charge in [-0.3, -0.25) is 4.99 Å². The number of rotatable bonds is 5. The second-order valence-corrected chi connectivity index (χ2v) is 5.56. The number of aromatic nitrogens is 2. The number of hydrogen-bond donors (Lipinski definition) is 2. The fourth-order valence-electron chi connectivity index (χ4n) is 2.35. The van der Waals surface area contributed by atoms with Gasteiger partial charge >= 0.3 is 0 Å². The van der Waals surface area contributed by atoms with Gasteiger partial charge in [-0.1, -0.05) is 48.5 Å². The van der Waals surface area contributed by atoms with Gasteiger partial charge in [0.15, 0.2) is 5.82 Å². The molecule has 130 valence electrons. The first kappa shape index (κ1) is 17.3. The average molecular weight is 347 g/mol. The number of anilines is 1. The van der Waals surface area contributed by atoms with E-state index in [1.165, 1.54) is 12.3 Å². The second-order valence-electron chi connectivity index (χ2n) is 5.56. The predicted octanol–water partition coefficient (Wildman–Crippen LogP) is 3.19. The highest BCUT2D eigenvalue weighted by Crippen LogP contribution is 2.12. The molecule has 0 fully saturated rings. The van der Waals surface area contributed by atoms with E-state index in [-0.39, 0.29) is 12.4 Å². The molecule has 0 radical (unpaired) electrons. The molecular formula is C20H18FN5. The zero-order valence-electron chi connectivity index (χ0n) is 14.0. The largest absolute Gasteiger partial charge is 0.396 e. The molecule has 0 amide bonds. The maximum Gasteiger partial charge on any atom is 0.177 e. The molecule has 4 N–H and O–H groups in total. The van der Waals surface area contributed by atoms with Crippen molar-refractivity contribution in [3.8, 4) is 0 Å². The van der Waals surface area contributed by atoms with Crippen LogP contribution in [0.25, 0.3) is 5.70 Å². The van der Waals surface area contributed by atoms with E-state index in [0.717, 1.165) is 5.56 Å². The minimum Gasteiger partial charge on any atom is -0.396 e. The highest BCUT2D eigenvalue weighted by molar-refractivity contribution is 6.11. The Hall–Kier alpha value is -3.54. The van der Waals surface area contributed by atoms with Crippen LogP contribution in [0.4, 0.5) is 10.2 Å². The smallest absolute Gasteiger partial charge is 0.177 e. The van der Waals surface area contributed by atoms with Crippen molar-refractivity contribution in [3.63, 3.8) is 0 Å². The third-order valence-electron chi connectivity index (χ3n) is 3.67.